The molecule has 1 aromatic heterocycles. The van der Waals surface area contributed by atoms with Gasteiger partial charge in [0, 0.05) is 5.39 Å². The molecular formula is C23H14O2. The molecule has 0 atom stereocenters. The van der Waals surface area contributed by atoms with E-state index in [1.54, 1.807) is 0 Å². The van der Waals surface area contributed by atoms with E-state index >= 15 is 0 Å². The van der Waals surface area contributed by atoms with Crippen molar-refractivity contribution in [1.82, 2.24) is 0 Å². The van der Waals surface area contributed by atoms with Crippen molar-refractivity contribution in [2.75, 3.05) is 0 Å². The van der Waals surface area contributed by atoms with Crippen molar-refractivity contribution in [3.8, 4) is 11.1 Å². The van der Waals surface area contributed by atoms with Gasteiger partial charge in [-0.1, -0.05) is 66.7 Å². The summed E-state index contributed by atoms with van der Waals surface area (Å²) in [5.41, 5.74) is 3.43. The Labute approximate surface area is 143 Å². The van der Waals surface area contributed by atoms with Gasteiger partial charge in [-0.05, 0) is 34.7 Å². The zero-order valence-corrected chi connectivity index (χ0v) is 13.4. The SMILES string of the molecule is O=c1c2ccccc2oc2c1cc(-c1ccccc1)c1ccccc12. The molecule has 2 heteroatoms. The number of hydrogen-bond donors (Lipinski definition) is 0. The normalized spacial score (nSPS) is 11.4. The lowest BCUT2D eigenvalue weighted by Gasteiger charge is -2.10. The van der Waals surface area contributed by atoms with Gasteiger partial charge in [-0.3, -0.25) is 4.79 Å². The summed E-state index contributed by atoms with van der Waals surface area (Å²) in [5.74, 6) is 0. The van der Waals surface area contributed by atoms with E-state index in [9.17, 15) is 4.79 Å². The molecule has 0 N–H and O–H groups in total. The molecule has 1 heterocycles. The van der Waals surface area contributed by atoms with Crippen LogP contribution in [-0.4, -0.2) is 0 Å². The van der Waals surface area contributed by atoms with Crippen LogP contribution >= 0.6 is 0 Å². The van der Waals surface area contributed by atoms with Gasteiger partial charge in [0.25, 0.3) is 0 Å². The molecule has 0 aliphatic heterocycles. The zero-order chi connectivity index (χ0) is 16.8. The van der Waals surface area contributed by atoms with E-state index in [0.717, 1.165) is 21.9 Å². The van der Waals surface area contributed by atoms with Crippen molar-refractivity contribution in [3.05, 3.63) is 95.2 Å². The second kappa shape index (κ2) is 5.32. The van der Waals surface area contributed by atoms with Crippen molar-refractivity contribution in [1.29, 1.82) is 0 Å². The van der Waals surface area contributed by atoms with Crippen LogP contribution in [0.2, 0.25) is 0 Å². The van der Waals surface area contributed by atoms with Gasteiger partial charge in [-0.2, -0.15) is 0 Å². The smallest absolute Gasteiger partial charge is 0.200 e. The molecule has 0 amide bonds. The topological polar surface area (TPSA) is 30.2 Å². The van der Waals surface area contributed by atoms with Gasteiger partial charge in [-0.15, -0.1) is 0 Å². The van der Waals surface area contributed by atoms with Gasteiger partial charge in [0.15, 0.2) is 0 Å². The van der Waals surface area contributed by atoms with Crippen molar-refractivity contribution in [3.63, 3.8) is 0 Å². The molecule has 0 radical (unpaired) electrons. The largest absolute Gasteiger partial charge is 0.455 e. The Bertz CT molecular complexity index is 1300. The Hall–Kier alpha value is -3.39. The molecule has 0 unspecified atom stereocenters. The first-order valence-corrected chi connectivity index (χ1v) is 8.26. The van der Waals surface area contributed by atoms with E-state index < -0.39 is 0 Å². The highest BCUT2D eigenvalue weighted by Gasteiger charge is 2.14. The van der Waals surface area contributed by atoms with Crippen molar-refractivity contribution >= 4 is 32.7 Å². The average molecular weight is 322 g/mol. The fourth-order valence-electron chi connectivity index (χ4n) is 3.48. The highest BCUT2D eigenvalue weighted by atomic mass is 16.3. The second-order valence-corrected chi connectivity index (χ2v) is 6.14. The average Bonchev–Trinajstić information content (AvgIpc) is 2.68. The fourth-order valence-corrected chi connectivity index (χ4v) is 3.48. The van der Waals surface area contributed by atoms with Gasteiger partial charge in [0.05, 0.1) is 10.8 Å². The third-order valence-corrected chi connectivity index (χ3v) is 4.67. The monoisotopic (exact) mass is 322 g/mol. The fraction of sp³-hybridized carbons (Fsp3) is 0. The van der Waals surface area contributed by atoms with Crippen LogP contribution in [0.25, 0.3) is 43.8 Å². The van der Waals surface area contributed by atoms with Crippen molar-refractivity contribution in [2.24, 2.45) is 0 Å². The lowest BCUT2D eigenvalue weighted by atomic mass is 9.95. The van der Waals surface area contributed by atoms with Gasteiger partial charge in [-0.25, -0.2) is 0 Å². The molecular weight excluding hydrogens is 308 g/mol. The predicted octanol–water partition coefficient (Wildman–Crippen LogP) is 5.77. The molecule has 4 aromatic carbocycles. The van der Waals surface area contributed by atoms with Crippen LogP contribution in [0.1, 0.15) is 0 Å². The van der Waals surface area contributed by atoms with Crippen LogP contribution in [0.3, 0.4) is 0 Å². The van der Waals surface area contributed by atoms with Crippen molar-refractivity contribution in [2.45, 2.75) is 0 Å². The zero-order valence-electron chi connectivity index (χ0n) is 13.4. The third kappa shape index (κ3) is 2.08. The summed E-state index contributed by atoms with van der Waals surface area (Å²) >= 11 is 0. The third-order valence-electron chi connectivity index (χ3n) is 4.67. The second-order valence-electron chi connectivity index (χ2n) is 6.14. The molecule has 5 aromatic rings. The highest BCUT2D eigenvalue weighted by molar-refractivity contribution is 6.12. The van der Waals surface area contributed by atoms with Crippen LogP contribution in [-0.2, 0) is 0 Å². The molecule has 0 bridgehead atoms. The van der Waals surface area contributed by atoms with E-state index in [1.165, 1.54) is 0 Å². The number of fused-ring (bicyclic) bond motifs is 4. The molecule has 0 aliphatic rings. The van der Waals surface area contributed by atoms with E-state index in [1.807, 2.05) is 66.7 Å². The first kappa shape index (κ1) is 14.0. The lowest BCUT2D eigenvalue weighted by Crippen LogP contribution is -2.02. The highest BCUT2D eigenvalue weighted by Crippen LogP contribution is 2.34. The van der Waals surface area contributed by atoms with E-state index in [0.29, 0.717) is 21.9 Å². The minimum absolute atomic E-state index is 0.0137. The number of para-hydroxylation sites is 1. The van der Waals surface area contributed by atoms with E-state index in [2.05, 4.69) is 18.2 Å². The molecule has 25 heavy (non-hydrogen) atoms. The quantitative estimate of drug-likeness (QED) is 0.290. The minimum Gasteiger partial charge on any atom is -0.455 e. The Balaban J connectivity index is 2.04. The van der Waals surface area contributed by atoms with Crippen LogP contribution in [0.15, 0.2) is 94.1 Å². The standard InChI is InChI=1S/C23H14O2/c24-22-18-12-6-7-13-21(18)25-23-17-11-5-4-10-16(17)19(14-20(22)23)15-8-2-1-3-9-15/h1-14H. The van der Waals surface area contributed by atoms with Gasteiger partial charge in [0.1, 0.15) is 11.2 Å². The summed E-state index contributed by atoms with van der Waals surface area (Å²) in [5, 5.41) is 3.28. The Morgan fingerprint density at radius 3 is 2.04 bits per heavy atom. The van der Waals surface area contributed by atoms with Crippen LogP contribution in [0.5, 0.6) is 0 Å². The number of rotatable bonds is 1. The Morgan fingerprint density at radius 1 is 0.600 bits per heavy atom. The van der Waals surface area contributed by atoms with Crippen LogP contribution in [0, 0.1) is 0 Å². The van der Waals surface area contributed by atoms with Gasteiger partial charge < -0.3 is 4.42 Å². The Morgan fingerprint density at radius 2 is 1.24 bits per heavy atom. The summed E-state index contributed by atoms with van der Waals surface area (Å²) < 4.78 is 6.13. The minimum atomic E-state index is 0.0137. The van der Waals surface area contributed by atoms with Gasteiger partial charge in [0.2, 0.25) is 5.43 Å². The lowest BCUT2D eigenvalue weighted by molar-refractivity contribution is 0.664. The van der Waals surface area contributed by atoms with Crippen LogP contribution in [0.4, 0.5) is 0 Å². The number of hydrogen-bond acceptors (Lipinski definition) is 2. The maximum Gasteiger partial charge on any atom is 0.200 e. The molecule has 0 aliphatic carbocycles. The summed E-state index contributed by atoms with van der Waals surface area (Å²) in [6.45, 7) is 0. The van der Waals surface area contributed by atoms with Crippen LogP contribution < -0.4 is 5.43 Å². The summed E-state index contributed by atoms with van der Waals surface area (Å²) in [7, 11) is 0. The molecule has 5 rings (SSSR count). The molecule has 2 nitrogen and oxygen atoms in total. The molecule has 118 valence electrons. The van der Waals surface area contributed by atoms with Crippen molar-refractivity contribution < 1.29 is 4.42 Å². The molecule has 0 fully saturated rings. The maximum atomic E-state index is 13.1. The van der Waals surface area contributed by atoms with E-state index in [4.69, 9.17) is 4.42 Å². The van der Waals surface area contributed by atoms with Gasteiger partial charge >= 0.3 is 0 Å². The molecule has 0 saturated heterocycles. The summed E-state index contributed by atoms with van der Waals surface area (Å²) in [4.78, 5) is 13.1. The summed E-state index contributed by atoms with van der Waals surface area (Å²) in [6, 6.07) is 27.6. The Kier molecular flexibility index (Phi) is 2.98. The first-order chi connectivity index (χ1) is 12.3. The maximum absolute atomic E-state index is 13.1. The predicted molar refractivity (Wildman–Crippen MR) is 103 cm³/mol. The first-order valence-electron chi connectivity index (χ1n) is 8.26. The number of benzene rings is 4. The summed E-state index contributed by atoms with van der Waals surface area (Å²) in [6.07, 6.45) is 0. The molecule has 0 spiro atoms. The van der Waals surface area contributed by atoms with E-state index in [-0.39, 0.29) is 5.43 Å². The molecule has 0 saturated carbocycles.